The predicted molar refractivity (Wildman–Crippen MR) is 59.5 cm³/mol. The summed E-state index contributed by atoms with van der Waals surface area (Å²) in [7, 11) is 0. The molecule has 0 saturated carbocycles. The maximum atomic E-state index is 5.72. The molecule has 0 aliphatic carbocycles. The van der Waals surface area contributed by atoms with E-state index in [2.05, 4.69) is 13.0 Å². The molecule has 1 heterocycles. The van der Waals surface area contributed by atoms with Crippen molar-refractivity contribution in [3.8, 4) is 11.5 Å². The highest BCUT2D eigenvalue weighted by molar-refractivity contribution is 5.48. The van der Waals surface area contributed by atoms with Crippen LogP contribution in [0, 0.1) is 0 Å². The smallest absolute Gasteiger partial charge is 0.164 e. The van der Waals surface area contributed by atoms with E-state index < -0.39 is 0 Å². The standard InChI is InChI=1S/C12H17NO2/c1-9(8-13)10-4-2-5-11-12(10)15-7-3-6-14-11/h2,4-5,9H,3,6-8,13H2,1H3. The van der Waals surface area contributed by atoms with Crippen LogP contribution in [-0.2, 0) is 0 Å². The lowest BCUT2D eigenvalue weighted by molar-refractivity contribution is 0.295. The number of fused-ring (bicyclic) bond motifs is 1. The molecule has 2 N–H and O–H groups in total. The molecule has 82 valence electrons. The van der Waals surface area contributed by atoms with Crippen LogP contribution in [-0.4, -0.2) is 19.8 Å². The zero-order valence-electron chi connectivity index (χ0n) is 9.03. The minimum atomic E-state index is 0.307. The Kier molecular flexibility index (Phi) is 3.11. The van der Waals surface area contributed by atoms with E-state index in [1.807, 2.05) is 12.1 Å². The molecule has 0 radical (unpaired) electrons. The zero-order chi connectivity index (χ0) is 10.7. The maximum Gasteiger partial charge on any atom is 0.164 e. The summed E-state index contributed by atoms with van der Waals surface area (Å²) in [5.74, 6) is 2.04. The third kappa shape index (κ3) is 2.07. The fourth-order valence-electron chi connectivity index (χ4n) is 1.73. The van der Waals surface area contributed by atoms with Gasteiger partial charge in [0.05, 0.1) is 13.2 Å². The molecule has 3 nitrogen and oxygen atoms in total. The fourth-order valence-corrected chi connectivity index (χ4v) is 1.73. The van der Waals surface area contributed by atoms with Crippen molar-refractivity contribution in [2.24, 2.45) is 5.73 Å². The number of rotatable bonds is 2. The molecule has 0 fully saturated rings. The number of hydrogen-bond acceptors (Lipinski definition) is 3. The van der Waals surface area contributed by atoms with Crippen molar-refractivity contribution < 1.29 is 9.47 Å². The Bertz CT molecular complexity index is 338. The van der Waals surface area contributed by atoms with Gasteiger partial charge < -0.3 is 15.2 Å². The van der Waals surface area contributed by atoms with Crippen LogP contribution in [0.15, 0.2) is 18.2 Å². The molecule has 0 aromatic heterocycles. The van der Waals surface area contributed by atoms with Gasteiger partial charge in [-0.2, -0.15) is 0 Å². The predicted octanol–water partition coefficient (Wildman–Crippen LogP) is 1.91. The van der Waals surface area contributed by atoms with Crippen LogP contribution in [0.1, 0.15) is 24.8 Å². The van der Waals surface area contributed by atoms with Crippen molar-refractivity contribution in [3.05, 3.63) is 23.8 Å². The summed E-state index contributed by atoms with van der Waals surface area (Å²) in [5.41, 5.74) is 6.83. The van der Waals surface area contributed by atoms with E-state index in [0.29, 0.717) is 12.5 Å². The second kappa shape index (κ2) is 4.53. The highest BCUT2D eigenvalue weighted by Crippen LogP contribution is 2.36. The van der Waals surface area contributed by atoms with Gasteiger partial charge in [0.15, 0.2) is 11.5 Å². The molecule has 1 aliphatic rings. The summed E-state index contributed by atoms with van der Waals surface area (Å²) in [5, 5.41) is 0. The molecule has 1 aromatic carbocycles. The van der Waals surface area contributed by atoms with Crippen LogP contribution >= 0.6 is 0 Å². The van der Waals surface area contributed by atoms with E-state index in [1.54, 1.807) is 0 Å². The zero-order valence-corrected chi connectivity index (χ0v) is 9.03. The quantitative estimate of drug-likeness (QED) is 0.805. The monoisotopic (exact) mass is 207 g/mol. The molecule has 0 spiro atoms. The Balaban J connectivity index is 2.38. The van der Waals surface area contributed by atoms with Gasteiger partial charge in [-0.3, -0.25) is 0 Å². The van der Waals surface area contributed by atoms with Crippen molar-refractivity contribution in [2.75, 3.05) is 19.8 Å². The van der Waals surface area contributed by atoms with Gasteiger partial charge >= 0.3 is 0 Å². The molecule has 1 aliphatic heterocycles. The van der Waals surface area contributed by atoms with Crippen LogP contribution in [0.2, 0.25) is 0 Å². The van der Waals surface area contributed by atoms with Crippen molar-refractivity contribution >= 4 is 0 Å². The van der Waals surface area contributed by atoms with Crippen LogP contribution in [0.4, 0.5) is 0 Å². The van der Waals surface area contributed by atoms with Gasteiger partial charge in [-0.25, -0.2) is 0 Å². The first-order chi connectivity index (χ1) is 7.33. The third-order valence-corrected chi connectivity index (χ3v) is 2.69. The summed E-state index contributed by atoms with van der Waals surface area (Å²) in [6, 6.07) is 6.01. The van der Waals surface area contributed by atoms with Gasteiger partial charge in [0.2, 0.25) is 0 Å². The van der Waals surface area contributed by atoms with Gasteiger partial charge in [-0.15, -0.1) is 0 Å². The lowest BCUT2D eigenvalue weighted by Crippen LogP contribution is -2.10. The van der Waals surface area contributed by atoms with Crippen molar-refractivity contribution in [3.63, 3.8) is 0 Å². The van der Waals surface area contributed by atoms with E-state index >= 15 is 0 Å². The van der Waals surface area contributed by atoms with E-state index in [9.17, 15) is 0 Å². The van der Waals surface area contributed by atoms with E-state index in [0.717, 1.165) is 36.7 Å². The third-order valence-electron chi connectivity index (χ3n) is 2.69. The minimum Gasteiger partial charge on any atom is -0.490 e. The number of ether oxygens (including phenoxy) is 2. The molecule has 3 heteroatoms. The first kappa shape index (κ1) is 10.3. The molecule has 1 unspecified atom stereocenters. The lowest BCUT2D eigenvalue weighted by atomic mass is 10.00. The molecule has 0 saturated heterocycles. The van der Waals surface area contributed by atoms with Gasteiger partial charge in [0.1, 0.15) is 0 Å². The van der Waals surface area contributed by atoms with Crippen LogP contribution < -0.4 is 15.2 Å². The van der Waals surface area contributed by atoms with Crippen molar-refractivity contribution in [2.45, 2.75) is 19.3 Å². The fraction of sp³-hybridized carbons (Fsp3) is 0.500. The summed E-state index contributed by atoms with van der Waals surface area (Å²) >= 11 is 0. The van der Waals surface area contributed by atoms with Crippen LogP contribution in [0.5, 0.6) is 11.5 Å². The average Bonchev–Trinajstić information content (AvgIpc) is 2.52. The topological polar surface area (TPSA) is 44.5 Å². The largest absolute Gasteiger partial charge is 0.490 e. The maximum absolute atomic E-state index is 5.72. The van der Waals surface area contributed by atoms with Crippen molar-refractivity contribution in [1.82, 2.24) is 0 Å². The summed E-state index contributed by atoms with van der Waals surface area (Å²) in [6.45, 7) is 4.18. The second-order valence-corrected chi connectivity index (χ2v) is 3.86. The summed E-state index contributed by atoms with van der Waals surface area (Å²) < 4.78 is 11.3. The Hall–Kier alpha value is -1.22. The Labute approximate surface area is 90.2 Å². The molecule has 0 bridgehead atoms. The number of benzene rings is 1. The highest BCUT2D eigenvalue weighted by Gasteiger charge is 2.17. The van der Waals surface area contributed by atoms with Crippen LogP contribution in [0.3, 0.4) is 0 Å². The normalized spacial score (nSPS) is 16.9. The lowest BCUT2D eigenvalue weighted by Gasteiger charge is -2.16. The average molecular weight is 207 g/mol. The molecule has 1 aromatic rings. The Morgan fingerprint density at radius 3 is 2.93 bits per heavy atom. The molecule has 1 atom stereocenters. The molecule has 2 rings (SSSR count). The van der Waals surface area contributed by atoms with E-state index in [-0.39, 0.29) is 0 Å². The number of para-hydroxylation sites is 1. The Morgan fingerprint density at radius 2 is 2.13 bits per heavy atom. The Morgan fingerprint density at radius 1 is 1.33 bits per heavy atom. The van der Waals surface area contributed by atoms with E-state index in [4.69, 9.17) is 15.2 Å². The first-order valence-corrected chi connectivity index (χ1v) is 5.41. The molecular weight excluding hydrogens is 190 g/mol. The van der Waals surface area contributed by atoms with Gasteiger partial charge in [0.25, 0.3) is 0 Å². The molecular formula is C12H17NO2. The van der Waals surface area contributed by atoms with Gasteiger partial charge in [-0.05, 0) is 18.5 Å². The van der Waals surface area contributed by atoms with Gasteiger partial charge in [0, 0.05) is 12.0 Å². The SMILES string of the molecule is CC(CN)c1cccc2c1OCCCO2. The first-order valence-electron chi connectivity index (χ1n) is 5.41. The molecule has 0 amide bonds. The minimum absolute atomic E-state index is 0.307. The van der Waals surface area contributed by atoms with Gasteiger partial charge in [-0.1, -0.05) is 19.1 Å². The number of nitrogens with two attached hydrogens (primary N) is 1. The highest BCUT2D eigenvalue weighted by atomic mass is 16.5. The van der Waals surface area contributed by atoms with Crippen LogP contribution in [0.25, 0.3) is 0 Å². The summed E-state index contributed by atoms with van der Waals surface area (Å²) in [4.78, 5) is 0. The van der Waals surface area contributed by atoms with Crippen molar-refractivity contribution in [1.29, 1.82) is 0 Å². The van der Waals surface area contributed by atoms with E-state index in [1.165, 1.54) is 0 Å². The second-order valence-electron chi connectivity index (χ2n) is 3.86. The summed E-state index contributed by atoms with van der Waals surface area (Å²) in [6.07, 6.45) is 0.936. The molecule has 15 heavy (non-hydrogen) atoms. The number of hydrogen-bond donors (Lipinski definition) is 1.